The molecule has 10 nitrogen and oxygen atoms in total. The molecule has 218 valence electrons. The number of methoxy groups -OCH3 is 4. The fourth-order valence-corrected chi connectivity index (χ4v) is 5.73. The number of amides is 1. The van der Waals surface area contributed by atoms with Gasteiger partial charge in [0, 0.05) is 12.1 Å². The van der Waals surface area contributed by atoms with E-state index in [2.05, 4.69) is 5.32 Å². The Morgan fingerprint density at radius 3 is 1.98 bits per heavy atom. The number of benzene rings is 4. The van der Waals surface area contributed by atoms with E-state index in [9.17, 15) is 18.0 Å². The number of hydrogen-bond donors (Lipinski definition) is 1. The molecule has 0 fully saturated rings. The number of sulfonamides is 1. The van der Waals surface area contributed by atoms with Crippen LogP contribution in [0, 0.1) is 0 Å². The quantitative estimate of drug-likeness (QED) is 0.238. The molecule has 0 aliphatic heterocycles. The van der Waals surface area contributed by atoms with Crippen molar-refractivity contribution >= 4 is 33.3 Å². The van der Waals surface area contributed by atoms with Gasteiger partial charge in [0.2, 0.25) is 0 Å². The molecule has 0 heterocycles. The Morgan fingerprint density at radius 1 is 0.738 bits per heavy atom. The number of carbonyl (C=O) groups is 2. The van der Waals surface area contributed by atoms with Gasteiger partial charge in [-0.15, -0.1) is 0 Å². The molecule has 1 amide bonds. The lowest BCUT2D eigenvalue weighted by atomic mass is 10.1. The summed E-state index contributed by atoms with van der Waals surface area (Å²) in [4.78, 5) is 26.4. The van der Waals surface area contributed by atoms with Crippen LogP contribution < -0.4 is 23.8 Å². The monoisotopic (exact) mass is 590 g/mol. The molecular formula is C31H30N2O8S. The molecule has 0 spiro atoms. The number of nitrogens with one attached hydrogen (secondary N) is 1. The zero-order chi connectivity index (χ0) is 30.3. The summed E-state index contributed by atoms with van der Waals surface area (Å²) in [6, 6.07) is 24.2. The van der Waals surface area contributed by atoms with E-state index in [1.807, 2.05) is 6.07 Å². The van der Waals surface area contributed by atoms with Crippen LogP contribution in [0.2, 0.25) is 0 Å². The van der Waals surface area contributed by atoms with Crippen molar-refractivity contribution in [2.75, 3.05) is 38.1 Å². The van der Waals surface area contributed by atoms with Gasteiger partial charge in [-0.3, -0.25) is 9.10 Å². The Morgan fingerprint density at radius 2 is 1.36 bits per heavy atom. The summed E-state index contributed by atoms with van der Waals surface area (Å²) in [6.45, 7) is -0.0523. The van der Waals surface area contributed by atoms with Crippen LogP contribution in [0.15, 0.2) is 95.9 Å². The summed E-state index contributed by atoms with van der Waals surface area (Å²) >= 11 is 0. The molecule has 0 radical (unpaired) electrons. The van der Waals surface area contributed by atoms with Crippen molar-refractivity contribution in [2.45, 2.75) is 11.4 Å². The third-order valence-corrected chi connectivity index (χ3v) is 8.18. The molecule has 1 N–H and O–H groups in total. The van der Waals surface area contributed by atoms with Gasteiger partial charge in [-0.1, -0.05) is 42.5 Å². The van der Waals surface area contributed by atoms with Gasteiger partial charge in [0.05, 0.1) is 62.4 Å². The highest BCUT2D eigenvalue weighted by Crippen LogP contribution is 2.35. The Balaban J connectivity index is 1.81. The summed E-state index contributed by atoms with van der Waals surface area (Å²) in [6.07, 6.45) is 0. The molecular weight excluding hydrogens is 560 g/mol. The number of carbonyl (C=O) groups excluding carboxylic acids is 2. The smallest absolute Gasteiger partial charge is 0.340 e. The molecule has 4 aromatic rings. The van der Waals surface area contributed by atoms with E-state index in [0.717, 1.165) is 0 Å². The number of nitrogens with zero attached hydrogens (tertiary/aromatic N) is 1. The first-order valence-corrected chi connectivity index (χ1v) is 14.1. The lowest BCUT2D eigenvalue weighted by molar-refractivity contribution is 0.0601. The lowest BCUT2D eigenvalue weighted by Gasteiger charge is -2.27. The number of hydrogen-bond acceptors (Lipinski definition) is 8. The highest BCUT2D eigenvalue weighted by molar-refractivity contribution is 7.92. The highest BCUT2D eigenvalue weighted by atomic mass is 32.2. The normalized spacial score (nSPS) is 10.9. The van der Waals surface area contributed by atoms with Crippen molar-refractivity contribution in [3.8, 4) is 17.2 Å². The van der Waals surface area contributed by atoms with E-state index in [4.69, 9.17) is 18.9 Å². The predicted molar refractivity (Wildman–Crippen MR) is 158 cm³/mol. The Labute approximate surface area is 244 Å². The maximum absolute atomic E-state index is 14.1. The van der Waals surface area contributed by atoms with Gasteiger partial charge < -0.3 is 24.3 Å². The van der Waals surface area contributed by atoms with Crippen LogP contribution in [0.1, 0.15) is 26.3 Å². The van der Waals surface area contributed by atoms with Crippen molar-refractivity contribution in [1.82, 2.24) is 0 Å². The number of anilines is 2. The minimum Gasteiger partial charge on any atom is -0.497 e. The average molecular weight is 591 g/mol. The molecule has 42 heavy (non-hydrogen) atoms. The van der Waals surface area contributed by atoms with E-state index in [1.54, 1.807) is 54.6 Å². The van der Waals surface area contributed by atoms with Crippen LogP contribution in [0.4, 0.5) is 11.4 Å². The Hall–Kier alpha value is -5.03. The molecule has 0 bridgehead atoms. The van der Waals surface area contributed by atoms with Gasteiger partial charge in [0.1, 0.15) is 5.75 Å². The maximum atomic E-state index is 14.1. The van der Waals surface area contributed by atoms with Crippen LogP contribution in [0.25, 0.3) is 0 Å². The molecule has 11 heteroatoms. The SMILES string of the molecule is COC(=O)c1cc(OC)c(OC)cc1NC(=O)c1ccccc1N(Cc1ccccc1)S(=O)(=O)c1ccc(OC)cc1. The Kier molecular flexibility index (Phi) is 9.33. The fourth-order valence-electron chi connectivity index (χ4n) is 4.26. The second-order valence-electron chi connectivity index (χ2n) is 8.89. The fraction of sp³-hybridized carbons (Fsp3) is 0.161. The van der Waals surface area contributed by atoms with E-state index in [-0.39, 0.29) is 45.4 Å². The summed E-state index contributed by atoms with van der Waals surface area (Å²) in [5, 5.41) is 2.72. The van der Waals surface area contributed by atoms with Crippen LogP contribution in [-0.2, 0) is 21.3 Å². The minimum absolute atomic E-state index is 0.0160. The topological polar surface area (TPSA) is 120 Å². The third kappa shape index (κ3) is 6.31. The first-order valence-electron chi connectivity index (χ1n) is 12.7. The Bertz CT molecular complexity index is 1670. The van der Waals surface area contributed by atoms with Crippen molar-refractivity contribution in [1.29, 1.82) is 0 Å². The summed E-state index contributed by atoms with van der Waals surface area (Å²) in [7, 11) is 1.37. The van der Waals surface area contributed by atoms with Crippen LogP contribution in [0.5, 0.6) is 17.2 Å². The molecule has 0 saturated carbocycles. The molecule has 0 atom stereocenters. The van der Waals surface area contributed by atoms with E-state index < -0.39 is 21.9 Å². The molecule has 0 unspecified atom stereocenters. The van der Waals surface area contributed by atoms with Gasteiger partial charge in [0.25, 0.3) is 15.9 Å². The average Bonchev–Trinajstić information content (AvgIpc) is 3.03. The number of rotatable bonds is 11. The predicted octanol–water partition coefficient (Wildman–Crippen LogP) is 5.15. The number of para-hydroxylation sites is 1. The minimum atomic E-state index is -4.16. The van der Waals surface area contributed by atoms with Crippen LogP contribution in [0.3, 0.4) is 0 Å². The molecule has 4 rings (SSSR count). The van der Waals surface area contributed by atoms with Gasteiger partial charge in [-0.2, -0.15) is 0 Å². The van der Waals surface area contributed by atoms with Crippen LogP contribution >= 0.6 is 0 Å². The van der Waals surface area contributed by atoms with E-state index in [0.29, 0.717) is 11.3 Å². The molecule has 0 aliphatic rings. The standard InChI is InChI=1S/C31H30N2O8S/c1-38-22-14-16-23(17-15-22)42(36,37)33(20-21-10-6-5-7-11-21)27-13-9-8-12-24(27)30(34)32-26-19-29(40-3)28(39-2)18-25(26)31(35)41-4/h5-19H,20H2,1-4H3,(H,32,34). The molecule has 4 aromatic carbocycles. The van der Waals surface area contributed by atoms with Crippen molar-refractivity contribution in [3.63, 3.8) is 0 Å². The molecule has 0 aromatic heterocycles. The molecule has 0 aliphatic carbocycles. The second kappa shape index (κ2) is 13.1. The summed E-state index contributed by atoms with van der Waals surface area (Å²) in [5.74, 6) is -0.351. The zero-order valence-electron chi connectivity index (χ0n) is 23.5. The van der Waals surface area contributed by atoms with E-state index in [1.165, 1.54) is 63.1 Å². The molecule has 0 saturated heterocycles. The second-order valence-corrected chi connectivity index (χ2v) is 10.8. The first-order chi connectivity index (χ1) is 20.2. The largest absolute Gasteiger partial charge is 0.497 e. The maximum Gasteiger partial charge on any atom is 0.340 e. The summed E-state index contributed by atoms with van der Waals surface area (Å²) < 4.78 is 50.0. The van der Waals surface area contributed by atoms with Crippen LogP contribution in [-0.4, -0.2) is 48.7 Å². The first kappa shape index (κ1) is 29.9. The van der Waals surface area contributed by atoms with Gasteiger partial charge in [-0.25, -0.2) is 13.2 Å². The lowest BCUT2D eigenvalue weighted by Crippen LogP contribution is -2.32. The van der Waals surface area contributed by atoms with Crippen molar-refractivity contribution in [2.24, 2.45) is 0 Å². The highest BCUT2D eigenvalue weighted by Gasteiger charge is 2.29. The van der Waals surface area contributed by atoms with Crippen molar-refractivity contribution < 1.29 is 37.0 Å². The number of esters is 1. The van der Waals surface area contributed by atoms with E-state index >= 15 is 0 Å². The van der Waals surface area contributed by atoms with Gasteiger partial charge in [0.15, 0.2) is 11.5 Å². The van der Waals surface area contributed by atoms with Gasteiger partial charge in [-0.05, 0) is 42.0 Å². The van der Waals surface area contributed by atoms with Gasteiger partial charge >= 0.3 is 5.97 Å². The zero-order valence-corrected chi connectivity index (χ0v) is 24.3. The summed E-state index contributed by atoms with van der Waals surface area (Å²) in [5.41, 5.74) is 1.00. The van der Waals surface area contributed by atoms with Crippen molar-refractivity contribution in [3.05, 3.63) is 108 Å². The third-order valence-electron chi connectivity index (χ3n) is 6.41. The number of ether oxygens (including phenoxy) is 4.